The number of esters is 1. The third kappa shape index (κ3) is 9.10. The van der Waals surface area contributed by atoms with Crippen LogP contribution >= 0.6 is 42.6 Å². The molecule has 36 heavy (non-hydrogen) atoms. The third-order valence-electron chi connectivity index (χ3n) is 4.51. The van der Waals surface area contributed by atoms with Crippen molar-refractivity contribution in [3.05, 3.63) is 94.5 Å². The molecule has 0 aliphatic heterocycles. The lowest BCUT2D eigenvalue weighted by Gasteiger charge is -2.27. The minimum atomic E-state index is -4.12. The standard InChI is InChI=1S/C25H24Cl2NO6PS/c1-2-32-24(29)16-28(25(30)36-17-19-8-4-3-5-9-19)18-35(31,33-22-12-6-10-20(26)14-22)34-23-13-7-11-21(27)15-23/h3-15H,2,16-18H2,1H3. The van der Waals surface area contributed by atoms with E-state index in [1.807, 2.05) is 30.3 Å². The zero-order valence-electron chi connectivity index (χ0n) is 19.3. The van der Waals surface area contributed by atoms with E-state index in [2.05, 4.69) is 0 Å². The second-order valence-electron chi connectivity index (χ2n) is 7.39. The van der Waals surface area contributed by atoms with Gasteiger partial charge in [0.25, 0.3) is 5.24 Å². The molecule has 0 N–H and O–H groups in total. The van der Waals surface area contributed by atoms with Gasteiger partial charge in [0.15, 0.2) is 0 Å². The largest absolute Gasteiger partial charge is 0.465 e. The Morgan fingerprint density at radius 1 is 0.889 bits per heavy atom. The van der Waals surface area contributed by atoms with Gasteiger partial charge in [-0.25, -0.2) is 4.57 Å². The molecule has 11 heteroatoms. The zero-order chi connectivity index (χ0) is 26.0. The first-order valence-electron chi connectivity index (χ1n) is 10.9. The maximum Gasteiger partial charge on any atom is 0.450 e. The van der Waals surface area contributed by atoms with E-state index in [-0.39, 0.29) is 18.1 Å². The van der Waals surface area contributed by atoms with Gasteiger partial charge in [0.05, 0.1) is 6.61 Å². The highest BCUT2D eigenvalue weighted by Crippen LogP contribution is 2.50. The van der Waals surface area contributed by atoms with Crippen LogP contribution in [-0.2, 0) is 19.8 Å². The van der Waals surface area contributed by atoms with Crippen molar-refractivity contribution in [2.24, 2.45) is 0 Å². The Kier molecular flexibility index (Phi) is 10.6. The monoisotopic (exact) mass is 567 g/mol. The summed E-state index contributed by atoms with van der Waals surface area (Å²) in [6.45, 7) is 1.35. The fourth-order valence-corrected chi connectivity index (χ4v) is 5.92. The number of thioether (sulfide) groups is 1. The van der Waals surface area contributed by atoms with E-state index >= 15 is 0 Å². The molecule has 0 bridgehead atoms. The van der Waals surface area contributed by atoms with E-state index < -0.39 is 31.6 Å². The number of amides is 1. The zero-order valence-corrected chi connectivity index (χ0v) is 22.6. The Morgan fingerprint density at radius 3 is 2.00 bits per heavy atom. The van der Waals surface area contributed by atoms with Crippen molar-refractivity contribution in [3.63, 3.8) is 0 Å². The van der Waals surface area contributed by atoms with Crippen molar-refractivity contribution in [1.82, 2.24) is 4.90 Å². The van der Waals surface area contributed by atoms with Crippen LogP contribution in [0.1, 0.15) is 12.5 Å². The van der Waals surface area contributed by atoms with Crippen molar-refractivity contribution in [3.8, 4) is 11.5 Å². The van der Waals surface area contributed by atoms with Gasteiger partial charge >= 0.3 is 13.6 Å². The van der Waals surface area contributed by atoms with E-state index in [1.54, 1.807) is 43.3 Å². The Hall–Kier alpha value is -2.64. The van der Waals surface area contributed by atoms with E-state index in [1.165, 1.54) is 12.1 Å². The van der Waals surface area contributed by atoms with Gasteiger partial charge in [0.1, 0.15) is 24.3 Å². The lowest BCUT2D eigenvalue weighted by Crippen LogP contribution is -2.36. The molecule has 0 fully saturated rings. The molecule has 3 aromatic rings. The first kappa shape index (κ1) is 27.9. The summed E-state index contributed by atoms with van der Waals surface area (Å²) in [6.07, 6.45) is -0.522. The second kappa shape index (κ2) is 13.6. The van der Waals surface area contributed by atoms with Crippen LogP contribution < -0.4 is 9.05 Å². The van der Waals surface area contributed by atoms with Crippen LogP contribution in [0.4, 0.5) is 4.79 Å². The number of carbonyl (C=O) groups excluding carboxylic acids is 2. The van der Waals surface area contributed by atoms with Crippen molar-refractivity contribution >= 4 is 53.8 Å². The number of nitrogens with zero attached hydrogens (tertiary/aromatic N) is 1. The highest BCUT2D eigenvalue weighted by atomic mass is 35.5. The summed E-state index contributed by atoms with van der Waals surface area (Å²) >= 11 is 13.1. The van der Waals surface area contributed by atoms with E-state index in [9.17, 15) is 14.2 Å². The Morgan fingerprint density at radius 2 is 1.47 bits per heavy atom. The van der Waals surface area contributed by atoms with Crippen molar-refractivity contribution < 1.29 is 27.9 Å². The summed E-state index contributed by atoms with van der Waals surface area (Å²) in [7, 11) is -4.12. The molecule has 0 saturated carbocycles. The first-order chi connectivity index (χ1) is 17.3. The molecule has 0 spiro atoms. The van der Waals surface area contributed by atoms with Crippen LogP contribution in [0.2, 0.25) is 10.0 Å². The Bertz CT molecular complexity index is 1180. The molecule has 3 aromatic carbocycles. The Labute approximate surface area is 224 Å². The summed E-state index contributed by atoms with van der Waals surface area (Å²) in [6, 6.07) is 21.9. The van der Waals surface area contributed by atoms with Gasteiger partial charge < -0.3 is 18.7 Å². The molecule has 0 aliphatic carbocycles. The van der Waals surface area contributed by atoms with Crippen molar-refractivity contribution in [2.75, 3.05) is 19.4 Å². The molecule has 7 nitrogen and oxygen atoms in total. The number of halogens is 2. The lowest BCUT2D eigenvalue weighted by atomic mass is 10.2. The molecule has 0 aromatic heterocycles. The average Bonchev–Trinajstić information content (AvgIpc) is 2.83. The van der Waals surface area contributed by atoms with Gasteiger partial charge in [-0.15, -0.1) is 0 Å². The normalized spacial score (nSPS) is 11.0. The number of carbonyl (C=O) groups is 2. The highest BCUT2D eigenvalue weighted by molar-refractivity contribution is 8.12. The second-order valence-corrected chi connectivity index (χ2v) is 11.1. The molecule has 190 valence electrons. The highest BCUT2D eigenvalue weighted by Gasteiger charge is 2.35. The summed E-state index contributed by atoms with van der Waals surface area (Å²) in [5.74, 6) is 0.0537. The van der Waals surface area contributed by atoms with Crippen molar-refractivity contribution in [2.45, 2.75) is 12.7 Å². The van der Waals surface area contributed by atoms with E-state index in [0.29, 0.717) is 15.8 Å². The van der Waals surface area contributed by atoms with Crippen LogP contribution in [0.3, 0.4) is 0 Å². The van der Waals surface area contributed by atoms with Crippen LogP contribution in [-0.4, -0.2) is 35.5 Å². The van der Waals surface area contributed by atoms with Gasteiger partial charge in [-0.3, -0.25) is 9.59 Å². The predicted octanol–water partition coefficient (Wildman–Crippen LogP) is 7.52. The van der Waals surface area contributed by atoms with Crippen LogP contribution in [0.15, 0.2) is 78.9 Å². The minimum absolute atomic E-state index is 0.133. The Balaban J connectivity index is 1.87. The van der Waals surface area contributed by atoms with Crippen molar-refractivity contribution in [1.29, 1.82) is 0 Å². The van der Waals surface area contributed by atoms with E-state index in [0.717, 1.165) is 22.2 Å². The maximum atomic E-state index is 14.0. The minimum Gasteiger partial charge on any atom is -0.465 e. The average molecular weight is 568 g/mol. The summed E-state index contributed by atoms with van der Waals surface area (Å²) in [5.41, 5.74) is 0.917. The lowest BCUT2D eigenvalue weighted by molar-refractivity contribution is -0.143. The fraction of sp³-hybridized carbons (Fsp3) is 0.200. The molecule has 0 atom stereocenters. The maximum absolute atomic E-state index is 14.0. The molecule has 0 heterocycles. The fourth-order valence-electron chi connectivity index (χ4n) is 3.00. The summed E-state index contributed by atoms with van der Waals surface area (Å²) < 4.78 is 30.6. The van der Waals surface area contributed by atoms with Gasteiger partial charge in [-0.2, -0.15) is 0 Å². The number of ether oxygens (including phenoxy) is 1. The molecule has 3 rings (SSSR count). The van der Waals surface area contributed by atoms with Gasteiger partial charge in [-0.05, 0) is 48.9 Å². The predicted molar refractivity (Wildman–Crippen MR) is 143 cm³/mol. The summed E-state index contributed by atoms with van der Waals surface area (Å²) in [5, 5.41) is 0.232. The van der Waals surface area contributed by atoms with Crippen LogP contribution in [0.25, 0.3) is 0 Å². The quantitative estimate of drug-likeness (QED) is 0.175. The molecule has 1 amide bonds. The van der Waals surface area contributed by atoms with Gasteiger partial charge in [0.2, 0.25) is 0 Å². The van der Waals surface area contributed by atoms with Gasteiger partial charge in [-0.1, -0.05) is 77.4 Å². The molecular weight excluding hydrogens is 544 g/mol. The SMILES string of the molecule is CCOC(=O)CN(CP(=O)(Oc1cccc(Cl)c1)Oc1cccc(Cl)c1)C(=O)SCc1ccccc1. The number of benzene rings is 3. The number of hydrogen-bond acceptors (Lipinski definition) is 7. The number of rotatable bonds is 11. The van der Waals surface area contributed by atoms with Crippen LogP contribution in [0.5, 0.6) is 11.5 Å². The molecule has 0 aliphatic rings. The third-order valence-corrected chi connectivity index (χ3v) is 7.63. The molecule has 0 unspecified atom stereocenters. The summed E-state index contributed by atoms with van der Waals surface area (Å²) in [4.78, 5) is 26.5. The smallest absolute Gasteiger partial charge is 0.450 e. The molecule has 0 saturated heterocycles. The number of hydrogen-bond donors (Lipinski definition) is 0. The van der Waals surface area contributed by atoms with Gasteiger partial charge in [0, 0.05) is 15.8 Å². The van der Waals surface area contributed by atoms with Crippen LogP contribution in [0, 0.1) is 0 Å². The molecular formula is C25H24Cl2NO6PS. The van der Waals surface area contributed by atoms with E-state index in [4.69, 9.17) is 37.0 Å². The topological polar surface area (TPSA) is 82.1 Å². The molecule has 0 radical (unpaired) electrons. The first-order valence-corrected chi connectivity index (χ1v) is 14.3.